The van der Waals surface area contributed by atoms with Gasteiger partial charge >= 0.3 is 0 Å². The summed E-state index contributed by atoms with van der Waals surface area (Å²) in [5.74, 6) is -0.292. The minimum atomic E-state index is -0.146. The molecule has 31 heavy (non-hydrogen) atoms. The molecule has 0 atom stereocenters. The van der Waals surface area contributed by atoms with E-state index in [1.54, 1.807) is 22.7 Å². The molecule has 0 unspecified atom stereocenters. The van der Waals surface area contributed by atoms with E-state index in [1.807, 2.05) is 12.1 Å². The van der Waals surface area contributed by atoms with Crippen molar-refractivity contribution in [3.05, 3.63) is 54.9 Å². The normalized spacial score (nSPS) is 13.4. The Bertz CT molecular complexity index is 1080. The number of imide groups is 1. The summed E-state index contributed by atoms with van der Waals surface area (Å²) < 4.78 is 0. The zero-order chi connectivity index (χ0) is 22.3. The Morgan fingerprint density at radius 3 is 1.52 bits per heavy atom. The summed E-state index contributed by atoms with van der Waals surface area (Å²) in [6.45, 7) is 11.1. The fourth-order valence-electron chi connectivity index (χ4n) is 4.48. The Hall–Kier alpha value is -2.24. The van der Waals surface area contributed by atoms with Crippen LogP contribution in [0.2, 0.25) is 0 Å². The highest BCUT2D eigenvalue weighted by Gasteiger charge is 2.36. The van der Waals surface area contributed by atoms with Crippen molar-refractivity contribution in [1.82, 2.24) is 4.90 Å². The number of hydrogen-bond donors (Lipinski definition) is 0. The van der Waals surface area contributed by atoms with Crippen molar-refractivity contribution >= 4 is 34.5 Å². The number of unbranched alkanes of at least 4 members (excludes halogenated alkanes) is 3. The predicted octanol–water partition coefficient (Wildman–Crippen LogP) is 7.55. The predicted molar refractivity (Wildman–Crippen MR) is 132 cm³/mol. The van der Waals surface area contributed by atoms with Gasteiger partial charge in [0.1, 0.15) is 0 Å². The van der Waals surface area contributed by atoms with Crippen molar-refractivity contribution in [2.24, 2.45) is 0 Å². The Kier molecular flexibility index (Phi) is 6.18. The first-order valence-corrected chi connectivity index (χ1v) is 12.6. The molecule has 0 saturated heterocycles. The Balaban J connectivity index is 1.83. The summed E-state index contributed by atoms with van der Waals surface area (Å²) in [4.78, 5) is 32.8. The molecule has 0 aliphatic carbocycles. The Labute approximate surface area is 192 Å². The second-order valence-electron chi connectivity index (χ2n) is 8.42. The number of aryl methyl sites for hydroxylation is 4. The number of rotatable bonds is 7. The average molecular weight is 452 g/mol. The zero-order valence-electron chi connectivity index (χ0n) is 18.9. The minimum Gasteiger partial charge on any atom is -0.274 e. The van der Waals surface area contributed by atoms with Crippen LogP contribution in [0.3, 0.4) is 0 Å². The van der Waals surface area contributed by atoms with E-state index in [2.05, 4.69) is 46.8 Å². The van der Waals surface area contributed by atoms with Crippen LogP contribution in [0, 0.1) is 27.7 Å². The molecular formula is C26H29NO2S2. The van der Waals surface area contributed by atoms with E-state index in [0.29, 0.717) is 17.7 Å². The number of amides is 2. The number of hydrogen-bond acceptors (Lipinski definition) is 4. The maximum Gasteiger partial charge on any atom is 0.261 e. The maximum absolute atomic E-state index is 13.2. The van der Waals surface area contributed by atoms with Crippen LogP contribution < -0.4 is 0 Å². The molecule has 2 amide bonds. The SMILES string of the molecule is CCCCCCN1C(=O)c2cc(-c3cc(C)sc3C)c(-c3cc(C)sc3C)cc2C1=O. The number of thiophene rings is 2. The van der Waals surface area contributed by atoms with E-state index in [-0.39, 0.29) is 11.8 Å². The molecule has 3 aromatic rings. The number of carbonyl (C=O) groups is 2. The van der Waals surface area contributed by atoms with E-state index < -0.39 is 0 Å². The third-order valence-electron chi connectivity index (χ3n) is 6.01. The van der Waals surface area contributed by atoms with Gasteiger partial charge in [0, 0.05) is 26.1 Å². The van der Waals surface area contributed by atoms with Crippen molar-refractivity contribution in [3.63, 3.8) is 0 Å². The smallest absolute Gasteiger partial charge is 0.261 e. The van der Waals surface area contributed by atoms with Gasteiger partial charge < -0.3 is 0 Å². The molecule has 162 valence electrons. The van der Waals surface area contributed by atoms with Crippen molar-refractivity contribution in [1.29, 1.82) is 0 Å². The lowest BCUT2D eigenvalue weighted by molar-refractivity contribution is 0.0651. The monoisotopic (exact) mass is 451 g/mol. The molecule has 0 radical (unpaired) electrons. The summed E-state index contributed by atoms with van der Waals surface area (Å²) in [5.41, 5.74) is 5.51. The van der Waals surface area contributed by atoms with Gasteiger partial charge in [-0.25, -0.2) is 0 Å². The highest BCUT2D eigenvalue weighted by atomic mass is 32.1. The van der Waals surface area contributed by atoms with Gasteiger partial charge in [0.2, 0.25) is 0 Å². The molecule has 1 aromatic carbocycles. The first kappa shape index (κ1) is 22.0. The van der Waals surface area contributed by atoms with Crippen LogP contribution in [0.4, 0.5) is 0 Å². The van der Waals surface area contributed by atoms with Gasteiger partial charge in [-0.2, -0.15) is 0 Å². The highest BCUT2D eigenvalue weighted by molar-refractivity contribution is 7.12. The van der Waals surface area contributed by atoms with Gasteiger partial charge in [0.25, 0.3) is 11.8 Å². The zero-order valence-corrected chi connectivity index (χ0v) is 20.6. The number of fused-ring (bicyclic) bond motifs is 1. The molecule has 0 spiro atoms. The Morgan fingerprint density at radius 1 is 0.645 bits per heavy atom. The van der Waals surface area contributed by atoms with Gasteiger partial charge in [0.15, 0.2) is 0 Å². The lowest BCUT2D eigenvalue weighted by Crippen LogP contribution is -2.30. The molecule has 0 N–H and O–H groups in total. The van der Waals surface area contributed by atoms with Crippen molar-refractivity contribution in [3.8, 4) is 22.3 Å². The van der Waals surface area contributed by atoms with Gasteiger partial charge in [-0.3, -0.25) is 14.5 Å². The van der Waals surface area contributed by atoms with E-state index in [9.17, 15) is 9.59 Å². The second kappa shape index (κ2) is 8.71. The second-order valence-corrected chi connectivity index (χ2v) is 11.3. The molecule has 0 saturated carbocycles. The van der Waals surface area contributed by atoms with E-state index in [0.717, 1.165) is 47.9 Å². The first-order chi connectivity index (χ1) is 14.8. The molecule has 2 aromatic heterocycles. The van der Waals surface area contributed by atoms with Crippen LogP contribution in [0.1, 0.15) is 72.8 Å². The lowest BCUT2D eigenvalue weighted by Gasteiger charge is -2.13. The molecule has 1 aliphatic rings. The number of carbonyl (C=O) groups excluding carboxylic acids is 2. The van der Waals surface area contributed by atoms with Crippen LogP contribution in [-0.2, 0) is 0 Å². The largest absolute Gasteiger partial charge is 0.274 e. The van der Waals surface area contributed by atoms with Gasteiger partial charge in [-0.15, -0.1) is 22.7 Å². The average Bonchev–Trinajstić information content (AvgIpc) is 3.32. The lowest BCUT2D eigenvalue weighted by atomic mass is 9.90. The standard InChI is InChI=1S/C26H29NO2S2/c1-6-7-8-9-10-27-25(28)23-13-21(19-11-15(2)30-17(19)4)22(14-24(23)26(27)29)20-12-16(3)31-18(20)5/h11-14H,6-10H2,1-5H3. The summed E-state index contributed by atoms with van der Waals surface area (Å²) in [7, 11) is 0. The molecule has 1 aliphatic heterocycles. The fourth-order valence-corrected chi connectivity index (χ4v) is 6.36. The van der Waals surface area contributed by atoms with Crippen molar-refractivity contribution in [2.45, 2.75) is 60.3 Å². The van der Waals surface area contributed by atoms with Gasteiger partial charge in [-0.1, -0.05) is 26.2 Å². The van der Waals surface area contributed by atoms with Crippen LogP contribution in [0.15, 0.2) is 24.3 Å². The van der Waals surface area contributed by atoms with Crippen LogP contribution in [0.5, 0.6) is 0 Å². The van der Waals surface area contributed by atoms with Crippen LogP contribution in [0.25, 0.3) is 22.3 Å². The number of nitrogens with zero attached hydrogens (tertiary/aromatic N) is 1. The Morgan fingerprint density at radius 2 is 1.13 bits per heavy atom. The fraction of sp³-hybridized carbons (Fsp3) is 0.385. The molecule has 3 nitrogen and oxygen atoms in total. The van der Waals surface area contributed by atoms with Crippen LogP contribution >= 0.6 is 22.7 Å². The van der Waals surface area contributed by atoms with Gasteiger partial charge in [-0.05, 0) is 80.6 Å². The van der Waals surface area contributed by atoms with Crippen LogP contribution in [-0.4, -0.2) is 23.3 Å². The summed E-state index contributed by atoms with van der Waals surface area (Å²) in [6.07, 6.45) is 4.17. The minimum absolute atomic E-state index is 0.146. The summed E-state index contributed by atoms with van der Waals surface area (Å²) in [5, 5.41) is 0. The van der Waals surface area contributed by atoms with Crippen molar-refractivity contribution < 1.29 is 9.59 Å². The molecule has 3 heterocycles. The topological polar surface area (TPSA) is 37.4 Å². The first-order valence-electron chi connectivity index (χ1n) is 11.0. The van der Waals surface area contributed by atoms with E-state index >= 15 is 0 Å². The van der Waals surface area contributed by atoms with E-state index in [1.165, 1.54) is 24.4 Å². The van der Waals surface area contributed by atoms with E-state index in [4.69, 9.17) is 0 Å². The summed E-state index contributed by atoms with van der Waals surface area (Å²) >= 11 is 3.54. The number of benzene rings is 1. The third-order valence-corrected chi connectivity index (χ3v) is 7.94. The van der Waals surface area contributed by atoms with Crippen molar-refractivity contribution in [2.75, 3.05) is 6.54 Å². The summed E-state index contributed by atoms with van der Waals surface area (Å²) in [6, 6.07) is 8.34. The third kappa shape index (κ3) is 4.01. The molecular weight excluding hydrogens is 422 g/mol. The molecule has 5 heteroatoms. The highest BCUT2D eigenvalue weighted by Crippen LogP contribution is 2.43. The quantitative estimate of drug-likeness (QED) is 0.275. The maximum atomic E-state index is 13.2. The molecule has 4 rings (SSSR count). The van der Waals surface area contributed by atoms with Gasteiger partial charge in [0.05, 0.1) is 11.1 Å². The molecule has 0 bridgehead atoms. The molecule has 0 fully saturated rings.